The van der Waals surface area contributed by atoms with Crippen LogP contribution in [0.2, 0.25) is 0 Å². The molecule has 10 aromatic carbocycles. The fourth-order valence-corrected chi connectivity index (χ4v) is 8.24. The van der Waals surface area contributed by atoms with Crippen molar-refractivity contribution < 1.29 is 0 Å². The number of anilines is 3. The first-order chi connectivity index (χ1) is 28.3. The lowest BCUT2D eigenvalue weighted by atomic mass is 9.89. The lowest BCUT2D eigenvalue weighted by molar-refractivity contribution is 1.28. The van der Waals surface area contributed by atoms with Gasteiger partial charge in [0, 0.05) is 17.1 Å². The topological polar surface area (TPSA) is 3.24 Å². The van der Waals surface area contributed by atoms with Gasteiger partial charge in [-0.25, -0.2) is 0 Å². The number of rotatable bonds is 8. The molecular formula is C56H39N. The van der Waals surface area contributed by atoms with Crippen LogP contribution in [-0.2, 0) is 0 Å². The van der Waals surface area contributed by atoms with Gasteiger partial charge in [-0.05, 0) is 120 Å². The summed E-state index contributed by atoms with van der Waals surface area (Å²) in [5.41, 5.74) is 15.4. The Bertz CT molecular complexity index is 2960. The quantitative estimate of drug-likeness (QED) is 0.151. The molecule has 0 amide bonds. The Balaban J connectivity index is 1.06. The molecule has 0 aliphatic rings. The minimum absolute atomic E-state index is 1.09. The number of benzene rings is 10. The predicted octanol–water partition coefficient (Wildman–Crippen LogP) is 15.8. The largest absolute Gasteiger partial charge is 0.311 e. The summed E-state index contributed by atoms with van der Waals surface area (Å²) in [4.78, 5) is 2.36. The molecule has 10 rings (SSSR count). The normalized spacial score (nSPS) is 11.2. The molecule has 10 aromatic rings. The molecule has 0 aliphatic heterocycles. The molecule has 0 fully saturated rings. The van der Waals surface area contributed by atoms with Crippen LogP contribution in [0.4, 0.5) is 17.1 Å². The zero-order valence-electron chi connectivity index (χ0n) is 31.5. The van der Waals surface area contributed by atoms with Crippen LogP contribution < -0.4 is 4.90 Å². The van der Waals surface area contributed by atoms with Crippen LogP contribution in [0.25, 0.3) is 77.2 Å². The molecule has 1 nitrogen and oxygen atoms in total. The molecule has 268 valence electrons. The van der Waals surface area contributed by atoms with Gasteiger partial charge in [0.2, 0.25) is 0 Å². The van der Waals surface area contributed by atoms with Crippen LogP contribution in [-0.4, -0.2) is 0 Å². The minimum Gasteiger partial charge on any atom is -0.311 e. The van der Waals surface area contributed by atoms with E-state index in [0.717, 1.165) is 17.1 Å². The minimum atomic E-state index is 1.09. The summed E-state index contributed by atoms with van der Waals surface area (Å²) in [6.07, 6.45) is 0. The maximum Gasteiger partial charge on any atom is 0.0462 e. The van der Waals surface area contributed by atoms with Crippen molar-refractivity contribution in [3.05, 3.63) is 237 Å². The Morgan fingerprint density at radius 2 is 0.649 bits per heavy atom. The van der Waals surface area contributed by atoms with Crippen LogP contribution in [0.1, 0.15) is 0 Å². The van der Waals surface area contributed by atoms with Crippen molar-refractivity contribution in [1.82, 2.24) is 0 Å². The highest BCUT2D eigenvalue weighted by Crippen LogP contribution is 2.42. The van der Waals surface area contributed by atoms with Crippen molar-refractivity contribution in [1.29, 1.82) is 0 Å². The molecule has 0 unspecified atom stereocenters. The van der Waals surface area contributed by atoms with E-state index in [-0.39, 0.29) is 0 Å². The molecule has 0 N–H and O–H groups in total. The molecular weight excluding hydrogens is 687 g/mol. The van der Waals surface area contributed by atoms with Crippen molar-refractivity contribution in [3.8, 4) is 55.6 Å². The zero-order valence-corrected chi connectivity index (χ0v) is 31.5. The second-order valence-corrected chi connectivity index (χ2v) is 14.5. The molecule has 0 spiro atoms. The lowest BCUT2D eigenvalue weighted by Gasteiger charge is -2.26. The van der Waals surface area contributed by atoms with Gasteiger partial charge in [-0.2, -0.15) is 0 Å². The van der Waals surface area contributed by atoms with Gasteiger partial charge in [-0.15, -0.1) is 0 Å². The van der Waals surface area contributed by atoms with Gasteiger partial charge in [0.25, 0.3) is 0 Å². The zero-order chi connectivity index (χ0) is 38.0. The summed E-state index contributed by atoms with van der Waals surface area (Å²) >= 11 is 0. The molecule has 0 saturated heterocycles. The molecule has 0 heterocycles. The highest BCUT2D eigenvalue weighted by molar-refractivity contribution is 6.04. The first-order valence-corrected chi connectivity index (χ1v) is 19.6. The van der Waals surface area contributed by atoms with E-state index in [9.17, 15) is 0 Å². The van der Waals surface area contributed by atoms with Gasteiger partial charge in [0.1, 0.15) is 0 Å². The Hall–Kier alpha value is -7.48. The Labute approximate surface area is 334 Å². The van der Waals surface area contributed by atoms with Gasteiger partial charge < -0.3 is 4.90 Å². The molecule has 0 aliphatic carbocycles. The summed E-state index contributed by atoms with van der Waals surface area (Å²) < 4.78 is 0. The average Bonchev–Trinajstić information content (AvgIpc) is 3.30. The van der Waals surface area contributed by atoms with E-state index >= 15 is 0 Å². The standard InChI is InChI=1S/C56H39N/c1-3-13-40(14-4-1)47-20-11-21-48(39-47)41-25-32-49(33-26-41)57(50-34-27-45(28-35-50)53-24-12-19-42-17-7-9-22-52(42)53)51-36-29-46(30-37-51)56-54-23-10-8-18-44(54)31-38-55(56)43-15-5-2-6-16-43/h1-39H. The maximum atomic E-state index is 2.36. The Kier molecular flexibility index (Phi) is 8.95. The number of hydrogen-bond acceptors (Lipinski definition) is 1. The lowest BCUT2D eigenvalue weighted by Crippen LogP contribution is -2.09. The summed E-state index contributed by atoms with van der Waals surface area (Å²) in [5.74, 6) is 0. The highest BCUT2D eigenvalue weighted by Gasteiger charge is 2.17. The summed E-state index contributed by atoms with van der Waals surface area (Å²) in [5, 5.41) is 4.99. The molecule has 0 radical (unpaired) electrons. The first kappa shape index (κ1) is 34.0. The van der Waals surface area contributed by atoms with Crippen LogP contribution >= 0.6 is 0 Å². The Morgan fingerprint density at radius 1 is 0.228 bits per heavy atom. The third-order valence-corrected chi connectivity index (χ3v) is 11.1. The van der Waals surface area contributed by atoms with Gasteiger partial charge in [-0.3, -0.25) is 0 Å². The van der Waals surface area contributed by atoms with Crippen molar-refractivity contribution in [2.45, 2.75) is 0 Å². The van der Waals surface area contributed by atoms with Crippen molar-refractivity contribution in [2.24, 2.45) is 0 Å². The van der Waals surface area contributed by atoms with E-state index in [2.05, 4.69) is 241 Å². The summed E-state index contributed by atoms with van der Waals surface area (Å²) in [6, 6.07) is 85.6. The number of nitrogens with zero attached hydrogens (tertiary/aromatic N) is 1. The molecule has 57 heavy (non-hydrogen) atoms. The second-order valence-electron chi connectivity index (χ2n) is 14.5. The van der Waals surface area contributed by atoms with Crippen molar-refractivity contribution in [3.63, 3.8) is 0 Å². The fourth-order valence-electron chi connectivity index (χ4n) is 8.24. The third-order valence-electron chi connectivity index (χ3n) is 11.1. The van der Waals surface area contributed by atoms with Crippen LogP contribution in [0.5, 0.6) is 0 Å². The van der Waals surface area contributed by atoms with E-state index < -0.39 is 0 Å². The summed E-state index contributed by atoms with van der Waals surface area (Å²) in [6.45, 7) is 0. The average molecular weight is 726 g/mol. The van der Waals surface area contributed by atoms with E-state index in [4.69, 9.17) is 0 Å². The monoisotopic (exact) mass is 725 g/mol. The summed E-state index contributed by atoms with van der Waals surface area (Å²) in [7, 11) is 0. The van der Waals surface area contributed by atoms with E-state index in [0.29, 0.717) is 0 Å². The van der Waals surface area contributed by atoms with Gasteiger partial charge >= 0.3 is 0 Å². The fraction of sp³-hybridized carbons (Fsp3) is 0. The Morgan fingerprint density at radius 3 is 1.28 bits per heavy atom. The van der Waals surface area contributed by atoms with Gasteiger partial charge in [-0.1, -0.05) is 194 Å². The van der Waals surface area contributed by atoms with Crippen LogP contribution in [0, 0.1) is 0 Å². The molecule has 0 bridgehead atoms. The van der Waals surface area contributed by atoms with E-state index in [1.807, 2.05) is 0 Å². The molecule has 0 aromatic heterocycles. The van der Waals surface area contributed by atoms with Crippen LogP contribution in [0.3, 0.4) is 0 Å². The smallest absolute Gasteiger partial charge is 0.0462 e. The molecule has 0 atom stereocenters. The van der Waals surface area contributed by atoms with Crippen molar-refractivity contribution >= 4 is 38.6 Å². The van der Waals surface area contributed by atoms with E-state index in [1.54, 1.807) is 0 Å². The first-order valence-electron chi connectivity index (χ1n) is 19.6. The SMILES string of the molecule is c1ccc(-c2cccc(-c3ccc(N(c4ccc(-c5cccc6ccccc56)cc4)c4ccc(-c5c(-c6ccccc6)ccc6ccccc56)cc4)cc3)c2)cc1. The maximum absolute atomic E-state index is 2.36. The van der Waals surface area contributed by atoms with Crippen LogP contribution in [0.15, 0.2) is 237 Å². The second kappa shape index (κ2) is 15.0. The van der Waals surface area contributed by atoms with Crippen molar-refractivity contribution in [2.75, 3.05) is 4.90 Å². The molecule has 0 saturated carbocycles. The highest BCUT2D eigenvalue weighted by atomic mass is 15.1. The molecule has 1 heteroatoms. The number of hydrogen-bond donors (Lipinski definition) is 0. The predicted molar refractivity (Wildman–Crippen MR) is 243 cm³/mol. The van der Waals surface area contributed by atoms with Gasteiger partial charge in [0.15, 0.2) is 0 Å². The van der Waals surface area contributed by atoms with Gasteiger partial charge in [0.05, 0.1) is 0 Å². The number of fused-ring (bicyclic) bond motifs is 2. The van der Waals surface area contributed by atoms with E-state index in [1.165, 1.54) is 77.2 Å². The third kappa shape index (κ3) is 6.66.